The van der Waals surface area contributed by atoms with Crippen LogP contribution in [0.25, 0.3) is 0 Å². The Bertz CT molecular complexity index is 265. The fraction of sp³-hybridized carbons (Fsp3) is 0.846. The van der Waals surface area contributed by atoms with Crippen LogP contribution < -0.4 is 0 Å². The maximum atomic E-state index is 11.9. The van der Waals surface area contributed by atoms with Crippen molar-refractivity contribution in [3.05, 3.63) is 0 Å². The van der Waals surface area contributed by atoms with E-state index in [0.717, 1.165) is 25.7 Å². The number of nitrogens with zero attached hydrogens (tertiary/aromatic N) is 3. The first kappa shape index (κ1) is 16.7. The van der Waals surface area contributed by atoms with Crippen LogP contribution in [0.1, 0.15) is 39.5 Å². The van der Waals surface area contributed by atoms with Gasteiger partial charge in [0.1, 0.15) is 0 Å². The number of rotatable bonds is 6. The summed E-state index contributed by atoms with van der Waals surface area (Å²) in [5.74, 6) is 0.347. The van der Waals surface area contributed by atoms with Gasteiger partial charge in [-0.25, -0.2) is 4.79 Å². The summed E-state index contributed by atoms with van der Waals surface area (Å²) in [6, 6.07) is 0. The summed E-state index contributed by atoms with van der Waals surface area (Å²) in [5, 5.41) is 3.92. The molecule has 5 heteroatoms. The van der Waals surface area contributed by atoms with Crippen LogP contribution in [0.15, 0.2) is 5.16 Å². The van der Waals surface area contributed by atoms with Gasteiger partial charge in [-0.05, 0) is 18.0 Å². The first-order valence-corrected chi connectivity index (χ1v) is 6.57. The third-order valence-electron chi connectivity index (χ3n) is 2.75. The van der Waals surface area contributed by atoms with E-state index in [0.29, 0.717) is 5.96 Å². The minimum Gasteiger partial charge on any atom is -0.346 e. The SMILES string of the molecule is CCCCC(CC)C(=O)ON=C(N(C)C)N(C)C. The molecule has 0 saturated heterocycles. The Morgan fingerprint density at radius 1 is 1.17 bits per heavy atom. The predicted molar refractivity (Wildman–Crippen MR) is 74.2 cm³/mol. The molecule has 0 spiro atoms. The minimum atomic E-state index is -0.229. The zero-order valence-electron chi connectivity index (χ0n) is 12.6. The van der Waals surface area contributed by atoms with E-state index in [1.807, 2.05) is 35.1 Å². The van der Waals surface area contributed by atoms with Gasteiger partial charge in [0.05, 0.1) is 5.92 Å². The Morgan fingerprint density at radius 2 is 1.72 bits per heavy atom. The quantitative estimate of drug-likeness (QED) is 0.316. The molecule has 0 rings (SSSR count). The molecule has 0 radical (unpaired) electrons. The van der Waals surface area contributed by atoms with Gasteiger partial charge in [0, 0.05) is 28.2 Å². The third kappa shape index (κ3) is 5.89. The zero-order valence-corrected chi connectivity index (χ0v) is 12.6. The van der Waals surface area contributed by atoms with Gasteiger partial charge in [0.25, 0.3) is 0 Å². The molecule has 106 valence electrons. The number of carbonyl (C=O) groups is 1. The molecule has 0 aromatic heterocycles. The Kier molecular flexibility index (Phi) is 8.16. The summed E-state index contributed by atoms with van der Waals surface area (Å²) in [6.45, 7) is 4.12. The van der Waals surface area contributed by atoms with Crippen LogP contribution >= 0.6 is 0 Å². The molecule has 0 fully saturated rings. The summed E-state index contributed by atoms with van der Waals surface area (Å²) in [6.07, 6.45) is 3.81. The molecule has 1 atom stereocenters. The number of hydrogen-bond acceptors (Lipinski definition) is 3. The highest BCUT2D eigenvalue weighted by Gasteiger charge is 2.18. The molecule has 18 heavy (non-hydrogen) atoms. The molecule has 0 saturated carbocycles. The highest BCUT2D eigenvalue weighted by molar-refractivity contribution is 5.80. The topological polar surface area (TPSA) is 45.1 Å². The summed E-state index contributed by atoms with van der Waals surface area (Å²) in [7, 11) is 7.45. The molecular weight excluding hydrogens is 230 g/mol. The molecule has 0 aromatic carbocycles. The van der Waals surface area contributed by atoms with Gasteiger partial charge in [-0.15, -0.1) is 0 Å². The van der Waals surface area contributed by atoms with Gasteiger partial charge in [0.2, 0.25) is 5.96 Å². The van der Waals surface area contributed by atoms with Crippen molar-refractivity contribution in [2.75, 3.05) is 28.2 Å². The number of oxime groups is 1. The van der Waals surface area contributed by atoms with Crippen molar-refractivity contribution in [2.45, 2.75) is 39.5 Å². The number of hydrogen-bond donors (Lipinski definition) is 0. The minimum absolute atomic E-state index is 0.0423. The van der Waals surface area contributed by atoms with E-state index >= 15 is 0 Å². The fourth-order valence-electron chi connectivity index (χ4n) is 1.66. The number of carbonyl (C=O) groups excluding carboxylic acids is 1. The number of guanidine groups is 1. The van der Waals surface area contributed by atoms with Crippen LogP contribution in [-0.2, 0) is 9.63 Å². The van der Waals surface area contributed by atoms with Gasteiger partial charge < -0.3 is 14.6 Å². The first-order chi connectivity index (χ1) is 8.43. The Hall–Kier alpha value is -1.26. The Labute approximate surface area is 111 Å². The lowest BCUT2D eigenvalue weighted by Crippen LogP contribution is -2.35. The van der Waals surface area contributed by atoms with Gasteiger partial charge in [-0.1, -0.05) is 26.7 Å². The van der Waals surface area contributed by atoms with Crippen molar-refractivity contribution in [3.63, 3.8) is 0 Å². The van der Waals surface area contributed by atoms with Crippen LogP contribution in [0.5, 0.6) is 0 Å². The largest absolute Gasteiger partial charge is 0.346 e. The summed E-state index contributed by atoms with van der Waals surface area (Å²) in [5.41, 5.74) is 0. The van der Waals surface area contributed by atoms with Crippen molar-refractivity contribution in [3.8, 4) is 0 Å². The van der Waals surface area contributed by atoms with Gasteiger partial charge in [-0.3, -0.25) is 0 Å². The monoisotopic (exact) mass is 257 g/mol. The molecule has 0 aliphatic heterocycles. The van der Waals surface area contributed by atoms with Crippen LogP contribution in [0.3, 0.4) is 0 Å². The Morgan fingerprint density at radius 3 is 2.11 bits per heavy atom. The summed E-state index contributed by atoms with van der Waals surface area (Å²) < 4.78 is 0. The third-order valence-corrected chi connectivity index (χ3v) is 2.75. The van der Waals surface area contributed by atoms with Crippen molar-refractivity contribution in [2.24, 2.45) is 11.1 Å². The van der Waals surface area contributed by atoms with E-state index in [2.05, 4.69) is 12.1 Å². The zero-order chi connectivity index (χ0) is 14.1. The molecular formula is C13H27N3O2. The molecule has 0 aliphatic carbocycles. The lowest BCUT2D eigenvalue weighted by molar-refractivity contribution is -0.149. The van der Waals surface area contributed by atoms with Crippen LogP contribution in [0.2, 0.25) is 0 Å². The van der Waals surface area contributed by atoms with E-state index in [1.165, 1.54) is 0 Å². The summed E-state index contributed by atoms with van der Waals surface area (Å²) in [4.78, 5) is 20.5. The second kappa shape index (κ2) is 8.78. The highest BCUT2D eigenvalue weighted by Crippen LogP contribution is 2.14. The smallest absolute Gasteiger partial charge is 0.338 e. The van der Waals surface area contributed by atoms with E-state index in [-0.39, 0.29) is 11.9 Å². The highest BCUT2D eigenvalue weighted by atomic mass is 16.7. The predicted octanol–water partition coefficient (Wildman–Crippen LogP) is 2.14. The summed E-state index contributed by atoms with van der Waals surface area (Å²) >= 11 is 0. The molecule has 5 nitrogen and oxygen atoms in total. The maximum Gasteiger partial charge on any atom is 0.338 e. The second-order valence-corrected chi connectivity index (χ2v) is 4.84. The second-order valence-electron chi connectivity index (χ2n) is 4.84. The molecule has 1 unspecified atom stereocenters. The van der Waals surface area contributed by atoms with E-state index in [4.69, 9.17) is 4.84 Å². The normalized spacial score (nSPS) is 11.7. The van der Waals surface area contributed by atoms with E-state index in [9.17, 15) is 4.79 Å². The molecule has 0 amide bonds. The standard InChI is InChI=1S/C13H27N3O2/c1-7-9-10-11(8-2)12(17)18-14-13(15(3)4)16(5)6/h11H,7-10H2,1-6H3. The van der Waals surface area contributed by atoms with Crippen molar-refractivity contribution >= 4 is 11.9 Å². The lowest BCUT2D eigenvalue weighted by Gasteiger charge is -2.21. The van der Waals surface area contributed by atoms with Crippen LogP contribution in [0.4, 0.5) is 0 Å². The van der Waals surface area contributed by atoms with Gasteiger partial charge >= 0.3 is 5.97 Å². The van der Waals surface area contributed by atoms with E-state index in [1.54, 1.807) is 9.80 Å². The maximum absolute atomic E-state index is 11.9. The van der Waals surface area contributed by atoms with Crippen molar-refractivity contribution in [1.82, 2.24) is 9.80 Å². The fourth-order valence-corrected chi connectivity index (χ4v) is 1.66. The average Bonchev–Trinajstić information content (AvgIpc) is 2.29. The first-order valence-electron chi connectivity index (χ1n) is 6.57. The number of unbranched alkanes of at least 4 members (excludes halogenated alkanes) is 1. The van der Waals surface area contributed by atoms with Crippen molar-refractivity contribution < 1.29 is 9.63 Å². The molecule has 0 bridgehead atoms. The molecule has 0 aliphatic rings. The Balaban J connectivity index is 4.48. The average molecular weight is 257 g/mol. The molecule has 0 N–H and O–H groups in total. The molecule has 0 aromatic rings. The van der Waals surface area contributed by atoms with Gasteiger partial charge in [-0.2, -0.15) is 0 Å². The van der Waals surface area contributed by atoms with Crippen LogP contribution in [0, 0.1) is 5.92 Å². The van der Waals surface area contributed by atoms with E-state index < -0.39 is 0 Å². The lowest BCUT2D eigenvalue weighted by atomic mass is 10.00. The van der Waals surface area contributed by atoms with Crippen molar-refractivity contribution in [1.29, 1.82) is 0 Å². The van der Waals surface area contributed by atoms with Crippen LogP contribution in [-0.4, -0.2) is 49.9 Å². The van der Waals surface area contributed by atoms with Gasteiger partial charge in [0.15, 0.2) is 0 Å². The molecule has 0 heterocycles.